The molecule has 0 aromatic heterocycles. The number of rotatable bonds is 2. The van der Waals surface area contributed by atoms with Crippen molar-refractivity contribution in [2.75, 3.05) is 0 Å². The van der Waals surface area contributed by atoms with E-state index in [1.807, 2.05) is 0 Å². The van der Waals surface area contributed by atoms with Crippen molar-refractivity contribution in [3.63, 3.8) is 0 Å². The summed E-state index contributed by atoms with van der Waals surface area (Å²) in [4.78, 5) is 0. The van der Waals surface area contributed by atoms with Crippen LogP contribution >= 0.6 is 8.58 Å². The van der Waals surface area contributed by atoms with E-state index in [1.54, 1.807) is 25.7 Å². The first kappa shape index (κ1) is 10.9. The van der Waals surface area contributed by atoms with Gasteiger partial charge in [0.2, 0.25) is 0 Å². The minimum atomic E-state index is 1.03. The molecule has 2 rings (SSSR count). The summed E-state index contributed by atoms with van der Waals surface area (Å²) in [6.07, 6.45) is 13.8. The zero-order valence-corrected chi connectivity index (χ0v) is 10.6. The number of hydrogen-bond acceptors (Lipinski definition) is 0. The molecule has 1 heteroatoms. The van der Waals surface area contributed by atoms with Crippen LogP contribution in [0.15, 0.2) is 0 Å². The Bertz CT molecular complexity index is 153. The Balaban J connectivity index is 1.68. The van der Waals surface area contributed by atoms with E-state index < -0.39 is 0 Å². The third-order valence-electron chi connectivity index (χ3n) is 4.09. The molecular formula is C13H25P. The highest BCUT2D eigenvalue weighted by molar-refractivity contribution is 7.39. The Kier molecular flexibility index (Phi) is 4.29. The zero-order valence-electron chi connectivity index (χ0n) is 9.60. The summed E-state index contributed by atoms with van der Waals surface area (Å²) >= 11 is 0. The van der Waals surface area contributed by atoms with Crippen molar-refractivity contribution in [2.45, 2.75) is 76.0 Å². The number of hydrogen-bond donors (Lipinski definition) is 0. The molecule has 0 spiro atoms. The fraction of sp³-hybridized carbons (Fsp3) is 1.00. The van der Waals surface area contributed by atoms with E-state index >= 15 is 0 Å². The van der Waals surface area contributed by atoms with E-state index in [0.29, 0.717) is 0 Å². The summed E-state index contributed by atoms with van der Waals surface area (Å²) in [5.41, 5.74) is 2.27. The third-order valence-corrected chi connectivity index (χ3v) is 6.19. The molecule has 0 radical (unpaired) electrons. The Morgan fingerprint density at radius 2 is 1.29 bits per heavy atom. The molecule has 0 amide bonds. The molecule has 82 valence electrons. The van der Waals surface area contributed by atoms with E-state index in [-0.39, 0.29) is 0 Å². The highest BCUT2D eigenvalue weighted by Crippen LogP contribution is 2.42. The van der Waals surface area contributed by atoms with Gasteiger partial charge in [-0.3, -0.25) is 0 Å². The minimum Gasteiger partial charge on any atom is -0.116 e. The summed E-state index contributed by atoms with van der Waals surface area (Å²) in [6.45, 7) is 2.43. The average molecular weight is 212 g/mol. The fourth-order valence-corrected chi connectivity index (χ4v) is 5.10. The molecule has 2 aliphatic carbocycles. The second kappa shape index (κ2) is 5.50. The van der Waals surface area contributed by atoms with Crippen molar-refractivity contribution in [3.05, 3.63) is 0 Å². The molecule has 0 heterocycles. The molecule has 2 saturated carbocycles. The van der Waals surface area contributed by atoms with Crippen LogP contribution in [0, 0.1) is 5.92 Å². The Hall–Kier alpha value is 0.430. The predicted octanol–water partition coefficient (Wildman–Crippen LogP) is 4.58. The minimum absolute atomic E-state index is 1.03. The summed E-state index contributed by atoms with van der Waals surface area (Å²) in [5, 5.41) is 0. The molecule has 0 aliphatic heterocycles. The summed E-state index contributed by atoms with van der Waals surface area (Å²) in [5.74, 6) is 1.03. The van der Waals surface area contributed by atoms with Gasteiger partial charge in [0, 0.05) is 0 Å². The largest absolute Gasteiger partial charge is 0.116 e. The molecular weight excluding hydrogens is 187 g/mol. The Morgan fingerprint density at radius 3 is 1.93 bits per heavy atom. The predicted molar refractivity (Wildman–Crippen MR) is 66.6 cm³/mol. The molecule has 2 aliphatic rings. The van der Waals surface area contributed by atoms with Crippen molar-refractivity contribution in [3.8, 4) is 0 Å². The van der Waals surface area contributed by atoms with E-state index in [4.69, 9.17) is 0 Å². The first-order chi connectivity index (χ1) is 6.84. The van der Waals surface area contributed by atoms with Crippen LogP contribution in [0.1, 0.15) is 64.7 Å². The lowest BCUT2D eigenvalue weighted by atomic mass is 9.91. The Labute approximate surface area is 91.0 Å². The highest BCUT2D eigenvalue weighted by atomic mass is 31.1. The van der Waals surface area contributed by atoms with Gasteiger partial charge in [-0.25, -0.2) is 0 Å². The lowest BCUT2D eigenvalue weighted by Gasteiger charge is -2.31. The zero-order chi connectivity index (χ0) is 9.80. The molecule has 0 aromatic rings. The van der Waals surface area contributed by atoms with Gasteiger partial charge in [-0.1, -0.05) is 39.0 Å². The van der Waals surface area contributed by atoms with Crippen LogP contribution in [-0.2, 0) is 0 Å². The maximum atomic E-state index is 2.43. The molecule has 1 unspecified atom stereocenters. The van der Waals surface area contributed by atoms with Gasteiger partial charge in [0.05, 0.1) is 0 Å². The molecule has 2 fully saturated rings. The second-order valence-electron chi connectivity index (χ2n) is 5.46. The van der Waals surface area contributed by atoms with Gasteiger partial charge in [0.25, 0.3) is 0 Å². The molecule has 0 N–H and O–H groups in total. The van der Waals surface area contributed by atoms with E-state index in [9.17, 15) is 0 Å². The normalized spacial score (nSPS) is 36.6. The SMILES string of the molecule is CC1CCC(PC2CCCCC2)CC1. The standard InChI is InChI=1S/C13H25P/c1-11-7-9-13(10-8-11)14-12-5-3-2-4-6-12/h11-14H,2-10H2,1H3. The van der Waals surface area contributed by atoms with Crippen LogP contribution in [0.3, 0.4) is 0 Å². The van der Waals surface area contributed by atoms with E-state index in [2.05, 4.69) is 6.92 Å². The smallest absolute Gasteiger partial charge is 0.0234 e. The summed E-state index contributed by atoms with van der Waals surface area (Å²) < 4.78 is 0. The molecule has 0 bridgehead atoms. The lowest BCUT2D eigenvalue weighted by molar-refractivity contribution is 0.389. The van der Waals surface area contributed by atoms with Crippen LogP contribution in [0.25, 0.3) is 0 Å². The van der Waals surface area contributed by atoms with Crippen LogP contribution in [0.4, 0.5) is 0 Å². The van der Waals surface area contributed by atoms with Gasteiger partial charge in [0.1, 0.15) is 0 Å². The van der Waals surface area contributed by atoms with Gasteiger partial charge < -0.3 is 0 Å². The van der Waals surface area contributed by atoms with E-state index in [1.165, 1.54) is 40.7 Å². The maximum Gasteiger partial charge on any atom is -0.0234 e. The summed E-state index contributed by atoms with van der Waals surface area (Å²) in [6, 6.07) is 0. The lowest BCUT2D eigenvalue weighted by Crippen LogP contribution is -2.17. The molecule has 0 nitrogen and oxygen atoms in total. The van der Waals surface area contributed by atoms with Crippen LogP contribution < -0.4 is 0 Å². The Morgan fingerprint density at radius 1 is 0.714 bits per heavy atom. The molecule has 0 saturated heterocycles. The second-order valence-corrected chi connectivity index (χ2v) is 7.42. The van der Waals surface area contributed by atoms with Gasteiger partial charge in [0.15, 0.2) is 0 Å². The van der Waals surface area contributed by atoms with Gasteiger partial charge in [-0.05, 0) is 42.9 Å². The molecule has 14 heavy (non-hydrogen) atoms. The highest BCUT2D eigenvalue weighted by Gasteiger charge is 2.22. The van der Waals surface area contributed by atoms with Crippen molar-refractivity contribution < 1.29 is 0 Å². The van der Waals surface area contributed by atoms with Crippen molar-refractivity contribution >= 4 is 8.58 Å². The van der Waals surface area contributed by atoms with Gasteiger partial charge in [-0.15, -0.1) is 8.58 Å². The molecule has 1 atom stereocenters. The van der Waals surface area contributed by atoms with Crippen molar-refractivity contribution in [2.24, 2.45) is 5.92 Å². The van der Waals surface area contributed by atoms with Crippen LogP contribution in [0.5, 0.6) is 0 Å². The maximum absolute atomic E-state index is 2.43. The third kappa shape index (κ3) is 3.23. The van der Waals surface area contributed by atoms with Crippen molar-refractivity contribution in [1.82, 2.24) is 0 Å². The van der Waals surface area contributed by atoms with Crippen molar-refractivity contribution in [1.29, 1.82) is 0 Å². The topological polar surface area (TPSA) is 0 Å². The first-order valence-electron chi connectivity index (χ1n) is 6.60. The molecule has 0 aromatic carbocycles. The quantitative estimate of drug-likeness (QED) is 0.588. The first-order valence-corrected chi connectivity index (χ1v) is 7.76. The van der Waals surface area contributed by atoms with E-state index in [0.717, 1.165) is 17.2 Å². The van der Waals surface area contributed by atoms with Crippen LogP contribution in [0.2, 0.25) is 0 Å². The fourth-order valence-electron chi connectivity index (χ4n) is 3.03. The van der Waals surface area contributed by atoms with Gasteiger partial charge >= 0.3 is 0 Å². The van der Waals surface area contributed by atoms with Crippen LogP contribution in [-0.4, -0.2) is 11.3 Å². The summed E-state index contributed by atoms with van der Waals surface area (Å²) in [7, 11) is 1.32. The monoisotopic (exact) mass is 212 g/mol. The average Bonchev–Trinajstić information content (AvgIpc) is 2.23. The van der Waals surface area contributed by atoms with Gasteiger partial charge in [-0.2, -0.15) is 0 Å².